The molecule has 5 heteroatoms. The van der Waals surface area contributed by atoms with Gasteiger partial charge in [0.25, 0.3) is 0 Å². The van der Waals surface area contributed by atoms with Crippen molar-refractivity contribution in [1.82, 2.24) is 9.80 Å². The van der Waals surface area contributed by atoms with Gasteiger partial charge in [0.2, 0.25) is 11.8 Å². The minimum Gasteiger partial charge on any atom is -0.396 e. The Hall–Kier alpha value is -1.10. The van der Waals surface area contributed by atoms with E-state index < -0.39 is 0 Å². The molecule has 0 saturated carbocycles. The molecule has 5 nitrogen and oxygen atoms in total. The lowest BCUT2D eigenvalue weighted by Gasteiger charge is -2.28. The van der Waals surface area contributed by atoms with Crippen LogP contribution in [0.1, 0.15) is 25.7 Å². The Kier molecular flexibility index (Phi) is 3.99. The largest absolute Gasteiger partial charge is 0.396 e. The van der Waals surface area contributed by atoms with Crippen LogP contribution < -0.4 is 0 Å². The molecule has 17 heavy (non-hydrogen) atoms. The van der Waals surface area contributed by atoms with Crippen molar-refractivity contribution >= 4 is 11.8 Å². The van der Waals surface area contributed by atoms with Crippen molar-refractivity contribution < 1.29 is 14.7 Å². The minimum absolute atomic E-state index is 0.00518. The summed E-state index contributed by atoms with van der Waals surface area (Å²) in [6.45, 7) is 2.39. The second-order valence-corrected chi connectivity index (χ2v) is 4.97. The summed E-state index contributed by atoms with van der Waals surface area (Å²) in [7, 11) is 0. The molecule has 2 fully saturated rings. The number of amides is 2. The van der Waals surface area contributed by atoms with Gasteiger partial charge >= 0.3 is 0 Å². The van der Waals surface area contributed by atoms with Crippen LogP contribution in [-0.4, -0.2) is 59.5 Å². The molecule has 1 N–H and O–H groups in total. The molecule has 1 unspecified atom stereocenters. The fourth-order valence-corrected chi connectivity index (χ4v) is 2.54. The molecule has 0 aromatic carbocycles. The number of hydrogen-bond acceptors (Lipinski definition) is 3. The molecular weight excluding hydrogens is 220 g/mol. The summed E-state index contributed by atoms with van der Waals surface area (Å²) in [4.78, 5) is 27.0. The van der Waals surface area contributed by atoms with E-state index in [0.717, 1.165) is 25.9 Å². The maximum absolute atomic E-state index is 12.0. The first-order valence-electron chi connectivity index (χ1n) is 6.37. The molecule has 0 aliphatic carbocycles. The number of rotatable bonds is 3. The number of aliphatic hydroxyl groups is 1. The van der Waals surface area contributed by atoms with Gasteiger partial charge in [-0.3, -0.25) is 9.59 Å². The zero-order chi connectivity index (χ0) is 12.3. The van der Waals surface area contributed by atoms with E-state index >= 15 is 0 Å². The van der Waals surface area contributed by atoms with Gasteiger partial charge in [-0.2, -0.15) is 0 Å². The quantitative estimate of drug-likeness (QED) is 0.745. The molecule has 0 aromatic heterocycles. The summed E-state index contributed by atoms with van der Waals surface area (Å²) in [6.07, 6.45) is 3.71. The highest BCUT2D eigenvalue weighted by molar-refractivity contribution is 5.86. The summed E-state index contributed by atoms with van der Waals surface area (Å²) in [5.74, 6) is 0.0581. The van der Waals surface area contributed by atoms with Crippen molar-refractivity contribution in [2.24, 2.45) is 5.92 Å². The fourth-order valence-electron chi connectivity index (χ4n) is 2.54. The van der Waals surface area contributed by atoms with Gasteiger partial charge in [-0.1, -0.05) is 0 Å². The van der Waals surface area contributed by atoms with E-state index in [1.165, 1.54) is 6.42 Å². The smallest absolute Gasteiger partial charge is 0.242 e. The Morgan fingerprint density at radius 1 is 1.29 bits per heavy atom. The van der Waals surface area contributed by atoms with Gasteiger partial charge in [0.05, 0.1) is 6.54 Å². The third kappa shape index (κ3) is 2.97. The first-order valence-corrected chi connectivity index (χ1v) is 6.37. The molecule has 0 spiro atoms. The van der Waals surface area contributed by atoms with Gasteiger partial charge in [-0.25, -0.2) is 0 Å². The van der Waals surface area contributed by atoms with Gasteiger partial charge in [0.1, 0.15) is 0 Å². The van der Waals surface area contributed by atoms with E-state index in [0.29, 0.717) is 13.0 Å². The van der Waals surface area contributed by atoms with E-state index in [4.69, 9.17) is 5.11 Å². The van der Waals surface area contributed by atoms with E-state index in [1.54, 1.807) is 4.90 Å². The normalized spacial score (nSPS) is 25.5. The van der Waals surface area contributed by atoms with Crippen molar-refractivity contribution in [2.75, 3.05) is 32.8 Å². The van der Waals surface area contributed by atoms with Crippen LogP contribution in [0.25, 0.3) is 0 Å². The Morgan fingerprint density at radius 3 is 2.59 bits per heavy atom. The van der Waals surface area contributed by atoms with E-state index in [2.05, 4.69) is 0 Å². The number of piperidine rings is 1. The van der Waals surface area contributed by atoms with Crippen LogP contribution in [0.3, 0.4) is 0 Å². The molecule has 2 saturated heterocycles. The third-order valence-corrected chi connectivity index (χ3v) is 3.59. The maximum atomic E-state index is 12.0. The number of hydrogen-bond donors (Lipinski definition) is 1. The van der Waals surface area contributed by atoms with E-state index in [1.807, 2.05) is 4.90 Å². The molecule has 2 aliphatic heterocycles. The average molecular weight is 240 g/mol. The van der Waals surface area contributed by atoms with Crippen molar-refractivity contribution in [3.8, 4) is 0 Å². The number of nitrogens with zero attached hydrogens (tertiary/aromatic N) is 2. The predicted molar refractivity (Wildman–Crippen MR) is 62.2 cm³/mol. The van der Waals surface area contributed by atoms with Crippen LogP contribution in [0.2, 0.25) is 0 Å². The van der Waals surface area contributed by atoms with Crippen LogP contribution in [-0.2, 0) is 9.59 Å². The minimum atomic E-state index is -0.00518. The van der Waals surface area contributed by atoms with Gasteiger partial charge < -0.3 is 14.9 Å². The van der Waals surface area contributed by atoms with Crippen LogP contribution in [0.15, 0.2) is 0 Å². The molecule has 2 heterocycles. The summed E-state index contributed by atoms with van der Waals surface area (Å²) >= 11 is 0. The van der Waals surface area contributed by atoms with Crippen molar-refractivity contribution in [2.45, 2.75) is 25.7 Å². The average Bonchev–Trinajstić information content (AvgIpc) is 2.71. The number of likely N-dealkylation sites (tertiary alicyclic amines) is 2. The molecule has 96 valence electrons. The highest BCUT2D eigenvalue weighted by Gasteiger charge is 2.31. The monoisotopic (exact) mass is 240 g/mol. The molecule has 0 aromatic rings. The van der Waals surface area contributed by atoms with E-state index in [-0.39, 0.29) is 30.9 Å². The highest BCUT2D eigenvalue weighted by Crippen LogP contribution is 2.17. The first kappa shape index (κ1) is 12.4. The summed E-state index contributed by atoms with van der Waals surface area (Å²) < 4.78 is 0. The van der Waals surface area contributed by atoms with Gasteiger partial charge in [-0.15, -0.1) is 0 Å². The van der Waals surface area contributed by atoms with Crippen molar-refractivity contribution in [3.05, 3.63) is 0 Å². The molecule has 2 rings (SSSR count). The van der Waals surface area contributed by atoms with Crippen molar-refractivity contribution in [1.29, 1.82) is 0 Å². The Bertz CT molecular complexity index is 300. The molecule has 2 amide bonds. The number of carbonyl (C=O) groups excluding carboxylic acids is 2. The fraction of sp³-hybridized carbons (Fsp3) is 0.833. The molecule has 0 radical (unpaired) electrons. The molecule has 2 aliphatic rings. The molecule has 0 bridgehead atoms. The lowest BCUT2D eigenvalue weighted by molar-refractivity contribution is -0.138. The lowest BCUT2D eigenvalue weighted by atomic mass is 10.1. The lowest BCUT2D eigenvalue weighted by Crippen LogP contribution is -2.43. The predicted octanol–water partition coefficient (Wildman–Crippen LogP) is -0.160. The second-order valence-electron chi connectivity index (χ2n) is 4.97. The van der Waals surface area contributed by atoms with Crippen molar-refractivity contribution in [3.63, 3.8) is 0 Å². The second kappa shape index (κ2) is 5.49. The Balaban J connectivity index is 1.83. The molecular formula is C12H20N2O3. The zero-order valence-electron chi connectivity index (χ0n) is 10.1. The number of carbonyl (C=O) groups is 2. The SMILES string of the molecule is O=C(CN1CC(CO)CC1=O)N1CCCCC1. The highest BCUT2D eigenvalue weighted by atomic mass is 16.3. The maximum Gasteiger partial charge on any atom is 0.242 e. The first-order chi connectivity index (χ1) is 8.20. The van der Waals surface area contributed by atoms with Crippen LogP contribution in [0, 0.1) is 5.92 Å². The van der Waals surface area contributed by atoms with Crippen LogP contribution >= 0.6 is 0 Å². The van der Waals surface area contributed by atoms with Gasteiger partial charge in [-0.05, 0) is 19.3 Å². The molecule has 1 atom stereocenters. The van der Waals surface area contributed by atoms with E-state index in [9.17, 15) is 9.59 Å². The summed E-state index contributed by atoms with van der Waals surface area (Å²) in [6, 6.07) is 0. The third-order valence-electron chi connectivity index (χ3n) is 3.59. The van der Waals surface area contributed by atoms with Gasteiger partial charge in [0, 0.05) is 38.6 Å². The van der Waals surface area contributed by atoms with Crippen LogP contribution in [0.5, 0.6) is 0 Å². The Morgan fingerprint density at radius 2 is 2.00 bits per heavy atom. The van der Waals surface area contributed by atoms with Crippen LogP contribution in [0.4, 0.5) is 0 Å². The summed E-state index contributed by atoms with van der Waals surface area (Å²) in [5, 5.41) is 9.01. The standard InChI is InChI=1S/C12H20N2O3/c15-9-10-6-11(16)14(7-10)8-12(17)13-4-2-1-3-5-13/h10,15H,1-9H2. The number of aliphatic hydroxyl groups excluding tert-OH is 1. The Labute approximate surface area is 101 Å². The van der Waals surface area contributed by atoms with Gasteiger partial charge in [0.15, 0.2) is 0 Å². The topological polar surface area (TPSA) is 60.9 Å². The summed E-state index contributed by atoms with van der Waals surface area (Å²) in [5.41, 5.74) is 0. The zero-order valence-corrected chi connectivity index (χ0v) is 10.1.